The number of hydrogen-bond donors (Lipinski definition) is 2. The van der Waals surface area contributed by atoms with Crippen LogP contribution in [0.3, 0.4) is 0 Å². The van der Waals surface area contributed by atoms with E-state index in [9.17, 15) is 8.42 Å². The Kier molecular flexibility index (Phi) is 8.32. The van der Waals surface area contributed by atoms with Crippen molar-refractivity contribution < 1.29 is 8.42 Å². The topological polar surface area (TPSA) is 61.4 Å². The van der Waals surface area contributed by atoms with Crippen LogP contribution in [-0.2, 0) is 10.2 Å². The molecule has 0 aromatic carbocycles. The molecule has 0 aromatic rings. The molecule has 1 rings (SSSR count). The molecule has 132 valence electrons. The van der Waals surface area contributed by atoms with E-state index >= 15 is 0 Å². The molecule has 0 aliphatic carbocycles. The molecular weight excluding hydrogens is 298 g/mol. The molecular formula is C16H35N3O2S. The van der Waals surface area contributed by atoms with Crippen LogP contribution in [0.25, 0.3) is 0 Å². The third-order valence-electron chi connectivity index (χ3n) is 4.19. The van der Waals surface area contributed by atoms with E-state index in [0.29, 0.717) is 31.0 Å². The molecule has 0 aromatic heterocycles. The number of nitrogens with zero attached hydrogens (tertiary/aromatic N) is 1. The third kappa shape index (κ3) is 7.40. The Hall–Kier alpha value is -0.170. The minimum Gasteiger partial charge on any atom is -0.314 e. The molecule has 5 nitrogen and oxygen atoms in total. The standard InChI is InChI=1S/C16H35N3O2S/c1-13(2)7-10-19(11-8-14(3)4)22(20,21)18-16-6-9-17-15(5)12-16/h13-18H,6-12H2,1-5H3. The summed E-state index contributed by atoms with van der Waals surface area (Å²) in [5.74, 6) is 1.02. The molecule has 1 saturated heterocycles. The third-order valence-corrected chi connectivity index (χ3v) is 5.87. The van der Waals surface area contributed by atoms with Crippen molar-refractivity contribution in [2.45, 2.75) is 72.4 Å². The van der Waals surface area contributed by atoms with E-state index < -0.39 is 10.2 Å². The maximum atomic E-state index is 12.7. The van der Waals surface area contributed by atoms with Crippen LogP contribution in [0.1, 0.15) is 60.3 Å². The van der Waals surface area contributed by atoms with Crippen LogP contribution >= 0.6 is 0 Å². The highest BCUT2D eigenvalue weighted by molar-refractivity contribution is 7.87. The Morgan fingerprint density at radius 1 is 1.14 bits per heavy atom. The van der Waals surface area contributed by atoms with Gasteiger partial charge in [-0.15, -0.1) is 0 Å². The lowest BCUT2D eigenvalue weighted by Gasteiger charge is -2.31. The summed E-state index contributed by atoms with van der Waals surface area (Å²) in [7, 11) is -3.38. The maximum absolute atomic E-state index is 12.7. The van der Waals surface area contributed by atoms with Gasteiger partial charge in [0.1, 0.15) is 0 Å². The van der Waals surface area contributed by atoms with E-state index in [4.69, 9.17) is 0 Å². The zero-order chi connectivity index (χ0) is 16.8. The van der Waals surface area contributed by atoms with Crippen LogP contribution in [0.15, 0.2) is 0 Å². The second-order valence-electron chi connectivity index (χ2n) is 7.46. The van der Waals surface area contributed by atoms with Crippen molar-refractivity contribution in [2.75, 3.05) is 19.6 Å². The first-order valence-corrected chi connectivity index (χ1v) is 10.2. The van der Waals surface area contributed by atoms with Crippen LogP contribution in [-0.4, -0.2) is 44.4 Å². The monoisotopic (exact) mass is 333 g/mol. The van der Waals surface area contributed by atoms with Gasteiger partial charge in [-0.25, -0.2) is 0 Å². The zero-order valence-corrected chi connectivity index (χ0v) is 15.7. The van der Waals surface area contributed by atoms with Gasteiger partial charge in [0.05, 0.1) is 0 Å². The Balaban J connectivity index is 2.66. The van der Waals surface area contributed by atoms with Crippen molar-refractivity contribution in [1.82, 2.24) is 14.3 Å². The molecule has 22 heavy (non-hydrogen) atoms. The van der Waals surface area contributed by atoms with Crippen molar-refractivity contribution in [2.24, 2.45) is 11.8 Å². The van der Waals surface area contributed by atoms with E-state index in [1.165, 1.54) is 0 Å². The lowest BCUT2D eigenvalue weighted by Crippen LogP contribution is -2.51. The second-order valence-corrected chi connectivity index (χ2v) is 9.17. The smallest absolute Gasteiger partial charge is 0.279 e. The van der Waals surface area contributed by atoms with Crippen molar-refractivity contribution in [3.8, 4) is 0 Å². The first kappa shape index (κ1) is 19.9. The first-order valence-electron chi connectivity index (χ1n) is 8.71. The molecule has 2 unspecified atom stereocenters. The van der Waals surface area contributed by atoms with Gasteiger partial charge in [-0.1, -0.05) is 27.7 Å². The van der Waals surface area contributed by atoms with Crippen molar-refractivity contribution >= 4 is 10.2 Å². The van der Waals surface area contributed by atoms with Crippen molar-refractivity contribution in [3.05, 3.63) is 0 Å². The van der Waals surface area contributed by atoms with E-state index in [0.717, 1.165) is 32.2 Å². The molecule has 1 fully saturated rings. The van der Waals surface area contributed by atoms with E-state index in [1.54, 1.807) is 4.31 Å². The van der Waals surface area contributed by atoms with Crippen LogP contribution in [0.5, 0.6) is 0 Å². The fourth-order valence-electron chi connectivity index (χ4n) is 2.68. The van der Waals surface area contributed by atoms with Gasteiger partial charge in [0, 0.05) is 25.2 Å². The molecule has 0 bridgehead atoms. The van der Waals surface area contributed by atoms with Crippen molar-refractivity contribution in [1.29, 1.82) is 0 Å². The van der Waals surface area contributed by atoms with Gasteiger partial charge in [0.25, 0.3) is 10.2 Å². The fourth-order valence-corrected chi connectivity index (χ4v) is 4.16. The normalized spacial score (nSPS) is 23.6. The first-order chi connectivity index (χ1) is 10.2. The highest BCUT2D eigenvalue weighted by atomic mass is 32.2. The van der Waals surface area contributed by atoms with Gasteiger partial charge in [-0.2, -0.15) is 17.4 Å². The van der Waals surface area contributed by atoms with Gasteiger partial charge in [0.2, 0.25) is 0 Å². The molecule has 6 heteroatoms. The largest absolute Gasteiger partial charge is 0.314 e. The molecule has 2 N–H and O–H groups in total. The highest BCUT2D eigenvalue weighted by Crippen LogP contribution is 2.14. The average Bonchev–Trinajstić information content (AvgIpc) is 2.36. The van der Waals surface area contributed by atoms with Crippen LogP contribution in [0.2, 0.25) is 0 Å². The SMILES string of the molecule is CC(C)CCN(CCC(C)C)S(=O)(=O)NC1CCNC(C)C1. The van der Waals surface area contributed by atoms with Gasteiger partial charge in [-0.3, -0.25) is 0 Å². The summed E-state index contributed by atoms with van der Waals surface area (Å²) < 4.78 is 30.0. The molecule has 0 radical (unpaired) electrons. The average molecular weight is 334 g/mol. The number of piperidine rings is 1. The van der Waals surface area contributed by atoms with Crippen LogP contribution < -0.4 is 10.0 Å². The van der Waals surface area contributed by atoms with Crippen molar-refractivity contribution in [3.63, 3.8) is 0 Å². The van der Waals surface area contributed by atoms with Crippen LogP contribution in [0, 0.1) is 11.8 Å². The highest BCUT2D eigenvalue weighted by Gasteiger charge is 2.27. The van der Waals surface area contributed by atoms with Gasteiger partial charge >= 0.3 is 0 Å². The van der Waals surface area contributed by atoms with Gasteiger partial charge < -0.3 is 5.32 Å². The summed E-state index contributed by atoms with van der Waals surface area (Å²) in [4.78, 5) is 0. The molecule has 0 saturated carbocycles. The van der Waals surface area contributed by atoms with E-state index in [1.807, 2.05) is 0 Å². The van der Waals surface area contributed by atoms with E-state index in [-0.39, 0.29) is 6.04 Å². The number of rotatable bonds is 9. The predicted molar refractivity (Wildman–Crippen MR) is 93.0 cm³/mol. The minimum absolute atomic E-state index is 0.0573. The summed E-state index contributed by atoms with van der Waals surface area (Å²) in [6.07, 6.45) is 3.54. The van der Waals surface area contributed by atoms with Gasteiger partial charge in [-0.05, 0) is 51.0 Å². The maximum Gasteiger partial charge on any atom is 0.279 e. The number of nitrogens with one attached hydrogen (secondary N) is 2. The zero-order valence-electron chi connectivity index (χ0n) is 14.9. The molecule has 0 spiro atoms. The minimum atomic E-state index is -3.38. The Morgan fingerprint density at radius 3 is 2.14 bits per heavy atom. The summed E-state index contributed by atoms with van der Waals surface area (Å²) in [5.41, 5.74) is 0. The lowest BCUT2D eigenvalue weighted by molar-refractivity contribution is 0.328. The predicted octanol–water partition coefficient (Wildman–Crippen LogP) is 2.36. The van der Waals surface area contributed by atoms with Crippen LogP contribution in [0.4, 0.5) is 0 Å². The Bertz CT molecular complexity index is 398. The molecule has 2 atom stereocenters. The lowest BCUT2D eigenvalue weighted by atomic mass is 10.0. The quantitative estimate of drug-likeness (QED) is 0.681. The summed E-state index contributed by atoms with van der Waals surface area (Å²) in [5, 5.41) is 3.36. The Labute approximate surface area is 137 Å². The number of hydrogen-bond acceptors (Lipinski definition) is 3. The summed E-state index contributed by atoms with van der Waals surface area (Å²) in [6.45, 7) is 12.7. The summed E-state index contributed by atoms with van der Waals surface area (Å²) >= 11 is 0. The van der Waals surface area contributed by atoms with E-state index in [2.05, 4.69) is 44.7 Å². The Morgan fingerprint density at radius 2 is 1.68 bits per heavy atom. The molecule has 1 aliphatic heterocycles. The molecule has 1 heterocycles. The second kappa shape index (κ2) is 9.21. The molecule has 0 amide bonds. The summed E-state index contributed by atoms with van der Waals surface area (Å²) in [6, 6.07) is 0.433. The molecule has 1 aliphatic rings. The fraction of sp³-hybridized carbons (Fsp3) is 1.00. The van der Waals surface area contributed by atoms with Gasteiger partial charge in [0.15, 0.2) is 0 Å².